The number of hydrogen-bond donors (Lipinski definition) is 1. The molecule has 2 unspecified atom stereocenters. The molecule has 2 N–H and O–H groups in total. The van der Waals surface area contributed by atoms with Crippen molar-refractivity contribution in [1.82, 2.24) is 9.80 Å². The van der Waals surface area contributed by atoms with E-state index in [1.54, 1.807) is 0 Å². The summed E-state index contributed by atoms with van der Waals surface area (Å²) in [6.45, 7) is 11.0. The van der Waals surface area contributed by atoms with Crippen LogP contribution in [-0.4, -0.2) is 54.1 Å². The summed E-state index contributed by atoms with van der Waals surface area (Å²) in [7, 11) is 0. The summed E-state index contributed by atoms with van der Waals surface area (Å²) in [6, 6.07) is 0.804. The van der Waals surface area contributed by atoms with Gasteiger partial charge in [-0.15, -0.1) is 0 Å². The van der Waals surface area contributed by atoms with Crippen LogP contribution in [0.1, 0.15) is 58.8 Å². The highest BCUT2D eigenvalue weighted by molar-refractivity contribution is 5.07. The summed E-state index contributed by atoms with van der Waals surface area (Å²) < 4.78 is 0. The van der Waals surface area contributed by atoms with Gasteiger partial charge in [0, 0.05) is 31.2 Å². The van der Waals surface area contributed by atoms with Gasteiger partial charge in [-0.1, -0.05) is 26.7 Å². The van der Waals surface area contributed by atoms with E-state index >= 15 is 0 Å². The summed E-state index contributed by atoms with van der Waals surface area (Å²) >= 11 is 0. The van der Waals surface area contributed by atoms with Crippen LogP contribution in [0, 0.1) is 5.41 Å². The number of hydrogen-bond acceptors (Lipinski definition) is 3. The van der Waals surface area contributed by atoms with Crippen molar-refractivity contribution < 1.29 is 0 Å². The van der Waals surface area contributed by atoms with E-state index in [-0.39, 0.29) is 5.54 Å². The van der Waals surface area contributed by atoms with Crippen LogP contribution in [0.5, 0.6) is 0 Å². The topological polar surface area (TPSA) is 32.5 Å². The standard InChI is InChI=1S/C17H33N3/c1-16(2)8-3-4-9-17(16,14-18)20-12-7-15(13-20)19-10-5-6-11-19/h15H,3-14,18H2,1-2H3. The normalized spacial score (nSPS) is 39.5. The third-order valence-corrected chi connectivity index (χ3v) is 6.67. The minimum atomic E-state index is 0.264. The summed E-state index contributed by atoms with van der Waals surface area (Å²) in [5, 5.41) is 0. The Bertz CT molecular complexity index is 335. The van der Waals surface area contributed by atoms with E-state index in [4.69, 9.17) is 5.73 Å². The highest BCUT2D eigenvalue weighted by atomic mass is 15.3. The predicted molar refractivity (Wildman–Crippen MR) is 84.8 cm³/mol. The van der Waals surface area contributed by atoms with Crippen molar-refractivity contribution in [1.29, 1.82) is 0 Å². The molecule has 2 aliphatic heterocycles. The van der Waals surface area contributed by atoms with Crippen LogP contribution >= 0.6 is 0 Å². The Morgan fingerprint density at radius 2 is 1.70 bits per heavy atom. The van der Waals surface area contributed by atoms with Gasteiger partial charge in [0.05, 0.1) is 0 Å². The SMILES string of the molecule is CC1(C)CCCCC1(CN)N1CCC(N2CCCC2)C1. The lowest BCUT2D eigenvalue weighted by Crippen LogP contribution is -2.63. The van der Waals surface area contributed by atoms with E-state index in [2.05, 4.69) is 23.6 Å². The molecule has 1 aliphatic carbocycles. The molecular weight excluding hydrogens is 246 g/mol. The first kappa shape index (κ1) is 14.8. The average molecular weight is 279 g/mol. The number of nitrogens with two attached hydrogens (primary N) is 1. The van der Waals surface area contributed by atoms with Crippen molar-refractivity contribution in [2.45, 2.75) is 70.4 Å². The highest BCUT2D eigenvalue weighted by Gasteiger charge is 2.51. The molecule has 0 aromatic carbocycles. The van der Waals surface area contributed by atoms with Crippen LogP contribution in [0.2, 0.25) is 0 Å². The fourth-order valence-electron chi connectivity index (χ4n) is 5.18. The van der Waals surface area contributed by atoms with Gasteiger partial charge in [-0.2, -0.15) is 0 Å². The fraction of sp³-hybridized carbons (Fsp3) is 1.00. The molecule has 20 heavy (non-hydrogen) atoms. The maximum atomic E-state index is 6.34. The zero-order chi connectivity index (χ0) is 14.2. The Labute approximate surface area is 124 Å². The Morgan fingerprint density at radius 1 is 1.00 bits per heavy atom. The number of nitrogens with zero attached hydrogens (tertiary/aromatic N) is 2. The minimum absolute atomic E-state index is 0.264. The first-order valence-corrected chi connectivity index (χ1v) is 8.78. The van der Waals surface area contributed by atoms with Crippen molar-refractivity contribution in [3.8, 4) is 0 Å². The van der Waals surface area contributed by atoms with Crippen molar-refractivity contribution >= 4 is 0 Å². The molecule has 3 rings (SSSR count). The molecule has 1 saturated carbocycles. The molecule has 0 spiro atoms. The predicted octanol–water partition coefficient (Wildman–Crippen LogP) is 2.45. The molecule has 0 aromatic rings. The Kier molecular flexibility index (Phi) is 4.13. The molecule has 3 heteroatoms. The first-order valence-electron chi connectivity index (χ1n) is 8.78. The maximum absolute atomic E-state index is 6.34. The molecule has 2 atom stereocenters. The van der Waals surface area contributed by atoms with E-state index in [1.165, 1.54) is 71.1 Å². The van der Waals surface area contributed by atoms with Crippen LogP contribution in [0.15, 0.2) is 0 Å². The molecule has 0 aromatic heterocycles. The van der Waals surface area contributed by atoms with Gasteiger partial charge < -0.3 is 5.73 Å². The Hall–Kier alpha value is -0.120. The second kappa shape index (κ2) is 5.58. The third-order valence-electron chi connectivity index (χ3n) is 6.67. The summed E-state index contributed by atoms with van der Waals surface area (Å²) in [5.41, 5.74) is 6.98. The second-order valence-electron chi connectivity index (χ2n) is 7.96. The zero-order valence-corrected chi connectivity index (χ0v) is 13.5. The second-order valence-corrected chi connectivity index (χ2v) is 7.96. The van der Waals surface area contributed by atoms with Gasteiger partial charge in [0.25, 0.3) is 0 Å². The minimum Gasteiger partial charge on any atom is -0.329 e. The first-order chi connectivity index (χ1) is 9.59. The highest BCUT2D eigenvalue weighted by Crippen LogP contribution is 2.48. The molecule has 3 nitrogen and oxygen atoms in total. The van der Waals surface area contributed by atoms with Gasteiger partial charge in [0.15, 0.2) is 0 Å². The lowest BCUT2D eigenvalue weighted by atomic mass is 9.62. The monoisotopic (exact) mass is 279 g/mol. The van der Waals surface area contributed by atoms with Crippen LogP contribution < -0.4 is 5.73 Å². The third kappa shape index (κ3) is 2.32. The molecule has 116 valence electrons. The van der Waals surface area contributed by atoms with Gasteiger partial charge in [-0.05, 0) is 50.6 Å². The van der Waals surface area contributed by atoms with Gasteiger partial charge >= 0.3 is 0 Å². The van der Waals surface area contributed by atoms with Gasteiger partial charge in [0.2, 0.25) is 0 Å². The van der Waals surface area contributed by atoms with Crippen molar-refractivity contribution in [2.75, 3.05) is 32.7 Å². The van der Waals surface area contributed by atoms with Gasteiger partial charge in [-0.3, -0.25) is 9.80 Å². The molecule has 2 saturated heterocycles. The molecule has 0 bridgehead atoms. The lowest BCUT2D eigenvalue weighted by Gasteiger charge is -2.55. The quantitative estimate of drug-likeness (QED) is 0.861. The van der Waals surface area contributed by atoms with Crippen LogP contribution in [0.3, 0.4) is 0 Å². The van der Waals surface area contributed by atoms with E-state index in [9.17, 15) is 0 Å². The lowest BCUT2D eigenvalue weighted by molar-refractivity contribution is -0.0336. The zero-order valence-electron chi connectivity index (χ0n) is 13.5. The molecule has 0 radical (unpaired) electrons. The van der Waals surface area contributed by atoms with Crippen molar-refractivity contribution in [3.63, 3.8) is 0 Å². The Morgan fingerprint density at radius 3 is 2.35 bits per heavy atom. The summed E-state index contributed by atoms with van der Waals surface area (Å²) in [6.07, 6.45) is 9.58. The molecule has 3 fully saturated rings. The van der Waals surface area contributed by atoms with Gasteiger partial charge in [0.1, 0.15) is 0 Å². The van der Waals surface area contributed by atoms with Crippen LogP contribution in [0.4, 0.5) is 0 Å². The molecule has 0 amide bonds. The summed E-state index contributed by atoms with van der Waals surface area (Å²) in [5.74, 6) is 0. The van der Waals surface area contributed by atoms with Crippen LogP contribution in [0.25, 0.3) is 0 Å². The van der Waals surface area contributed by atoms with E-state index in [0.29, 0.717) is 5.41 Å². The molecular formula is C17H33N3. The maximum Gasteiger partial charge on any atom is 0.0383 e. The number of rotatable bonds is 3. The molecule has 2 heterocycles. The smallest absolute Gasteiger partial charge is 0.0383 e. The average Bonchev–Trinajstić information content (AvgIpc) is 3.09. The van der Waals surface area contributed by atoms with Crippen LogP contribution in [-0.2, 0) is 0 Å². The van der Waals surface area contributed by atoms with E-state index in [1.807, 2.05) is 0 Å². The van der Waals surface area contributed by atoms with Crippen molar-refractivity contribution in [2.24, 2.45) is 11.1 Å². The number of likely N-dealkylation sites (tertiary alicyclic amines) is 2. The Balaban J connectivity index is 1.73. The molecule has 3 aliphatic rings. The van der Waals surface area contributed by atoms with Crippen molar-refractivity contribution in [3.05, 3.63) is 0 Å². The fourth-order valence-corrected chi connectivity index (χ4v) is 5.18. The largest absolute Gasteiger partial charge is 0.329 e. The van der Waals surface area contributed by atoms with E-state index < -0.39 is 0 Å². The van der Waals surface area contributed by atoms with Gasteiger partial charge in [-0.25, -0.2) is 0 Å². The summed E-state index contributed by atoms with van der Waals surface area (Å²) in [4.78, 5) is 5.52. The van der Waals surface area contributed by atoms with E-state index in [0.717, 1.165) is 12.6 Å².